The van der Waals surface area contributed by atoms with E-state index in [1.807, 2.05) is 29.6 Å². The number of fused-ring (bicyclic) bond motifs is 1. The topological polar surface area (TPSA) is 38.7 Å². The normalized spacial score (nSPS) is 17.4. The molecule has 1 aliphatic rings. The van der Waals surface area contributed by atoms with E-state index in [0.29, 0.717) is 0 Å². The molecule has 3 nitrogen and oxygen atoms in total. The van der Waals surface area contributed by atoms with E-state index in [4.69, 9.17) is 9.47 Å². The Hall–Kier alpha value is -1.52. The summed E-state index contributed by atoms with van der Waals surface area (Å²) in [5, 5.41) is 12.4. The van der Waals surface area contributed by atoms with Crippen molar-refractivity contribution in [3.8, 4) is 11.5 Å². The van der Waals surface area contributed by atoms with Gasteiger partial charge in [0.1, 0.15) is 23.2 Å². The first kappa shape index (κ1) is 13.5. The zero-order valence-electron chi connectivity index (χ0n) is 11.8. The van der Waals surface area contributed by atoms with Crippen molar-refractivity contribution < 1.29 is 14.6 Å². The molecule has 0 saturated carbocycles. The first-order chi connectivity index (χ1) is 9.48. The first-order valence-corrected chi connectivity index (χ1v) is 7.49. The van der Waals surface area contributed by atoms with Gasteiger partial charge in [-0.15, -0.1) is 11.3 Å². The molecule has 1 aromatic carbocycles. The predicted octanol–water partition coefficient (Wildman–Crippen LogP) is 3.55. The molecule has 1 N–H and O–H groups in total. The van der Waals surface area contributed by atoms with Crippen LogP contribution in [0, 0.1) is 0 Å². The molecule has 2 heterocycles. The van der Waals surface area contributed by atoms with Gasteiger partial charge in [-0.2, -0.15) is 0 Å². The van der Waals surface area contributed by atoms with Crippen LogP contribution in [0.3, 0.4) is 0 Å². The van der Waals surface area contributed by atoms with Gasteiger partial charge in [-0.05, 0) is 43.2 Å². The van der Waals surface area contributed by atoms with Gasteiger partial charge in [0.25, 0.3) is 0 Å². The SMILES string of the molecule is COc1csc(C(O)c2ccc3c(c2)CC(C)(C)O3)c1. The molecule has 0 radical (unpaired) electrons. The summed E-state index contributed by atoms with van der Waals surface area (Å²) in [6, 6.07) is 7.80. The monoisotopic (exact) mass is 290 g/mol. The summed E-state index contributed by atoms with van der Waals surface area (Å²) < 4.78 is 11.0. The minimum absolute atomic E-state index is 0.155. The third-order valence-electron chi connectivity index (χ3n) is 3.50. The number of aliphatic hydroxyl groups excluding tert-OH is 1. The maximum atomic E-state index is 10.5. The van der Waals surface area contributed by atoms with E-state index in [1.165, 1.54) is 11.3 Å². The maximum absolute atomic E-state index is 10.5. The van der Waals surface area contributed by atoms with Crippen LogP contribution in [0.15, 0.2) is 29.6 Å². The molecule has 0 spiro atoms. The fourth-order valence-corrected chi connectivity index (χ4v) is 3.41. The van der Waals surface area contributed by atoms with Crippen molar-refractivity contribution in [2.75, 3.05) is 7.11 Å². The quantitative estimate of drug-likeness (QED) is 0.939. The lowest BCUT2D eigenvalue weighted by Gasteiger charge is -2.16. The van der Waals surface area contributed by atoms with E-state index in [0.717, 1.165) is 33.9 Å². The molecule has 20 heavy (non-hydrogen) atoms. The van der Waals surface area contributed by atoms with Gasteiger partial charge in [0.15, 0.2) is 0 Å². The molecule has 0 aliphatic carbocycles. The summed E-state index contributed by atoms with van der Waals surface area (Å²) >= 11 is 1.50. The Labute approximate surface area is 122 Å². The Morgan fingerprint density at radius 1 is 1.35 bits per heavy atom. The number of thiophene rings is 1. The fourth-order valence-electron chi connectivity index (χ4n) is 2.55. The number of benzene rings is 1. The van der Waals surface area contributed by atoms with Crippen LogP contribution in [0.25, 0.3) is 0 Å². The smallest absolute Gasteiger partial charge is 0.129 e. The minimum Gasteiger partial charge on any atom is -0.496 e. The Kier molecular flexibility index (Phi) is 3.22. The van der Waals surface area contributed by atoms with Crippen LogP contribution in [-0.4, -0.2) is 17.8 Å². The van der Waals surface area contributed by atoms with E-state index < -0.39 is 6.10 Å². The Bertz CT molecular complexity index is 630. The van der Waals surface area contributed by atoms with Gasteiger partial charge in [0, 0.05) is 16.7 Å². The molecule has 3 rings (SSSR count). The van der Waals surface area contributed by atoms with Crippen LogP contribution in [0.1, 0.15) is 36.0 Å². The van der Waals surface area contributed by atoms with Gasteiger partial charge >= 0.3 is 0 Å². The molecule has 1 aliphatic heterocycles. The third kappa shape index (κ3) is 2.41. The summed E-state index contributed by atoms with van der Waals surface area (Å²) in [6.45, 7) is 4.15. The van der Waals surface area contributed by atoms with Gasteiger partial charge in [0.05, 0.1) is 7.11 Å². The predicted molar refractivity (Wildman–Crippen MR) is 79.8 cm³/mol. The molecule has 0 amide bonds. The van der Waals surface area contributed by atoms with Gasteiger partial charge < -0.3 is 14.6 Å². The van der Waals surface area contributed by atoms with E-state index in [2.05, 4.69) is 13.8 Å². The zero-order chi connectivity index (χ0) is 14.3. The molecule has 1 aromatic heterocycles. The number of rotatable bonds is 3. The molecule has 0 bridgehead atoms. The molecule has 1 unspecified atom stereocenters. The molecular formula is C16H18O3S. The van der Waals surface area contributed by atoms with Crippen molar-refractivity contribution >= 4 is 11.3 Å². The second-order valence-electron chi connectivity index (χ2n) is 5.70. The fraction of sp³-hybridized carbons (Fsp3) is 0.375. The molecular weight excluding hydrogens is 272 g/mol. The van der Waals surface area contributed by atoms with Crippen molar-refractivity contribution in [2.45, 2.75) is 32.0 Å². The number of aliphatic hydroxyl groups is 1. The highest BCUT2D eigenvalue weighted by atomic mass is 32.1. The second-order valence-corrected chi connectivity index (χ2v) is 6.64. The summed E-state index contributed by atoms with van der Waals surface area (Å²) in [6.07, 6.45) is 0.259. The minimum atomic E-state index is -0.613. The number of hydrogen-bond acceptors (Lipinski definition) is 4. The molecule has 1 atom stereocenters. The van der Waals surface area contributed by atoms with Crippen molar-refractivity contribution in [1.29, 1.82) is 0 Å². The highest BCUT2D eigenvalue weighted by Gasteiger charge is 2.30. The second kappa shape index (κ2) is 4.79. The van der Waals surface area contributed by atoms with Crippen molar-refractivity contribution in [3.05, 3.63) is 45.6 Å². The largest absolute Gasteiger partial charge is 0.496 e. The van der Waals surface area contributed by atoms with Crippen molar-refractivity contribution in [1.82, 2.24) is 0 Å². The lowest BCUT2D eigenvalue weighted by molar-refractivity contribution is 0.138. The van der Waals surface area contributed by atoms with Crippen molar-refractivity contribution in [3.63, 3.8) is 0 Å². The molecule has 2 aromatic rings. The number of hydrogen-bond donors (Lipinski definition) is 1. The summed E-state index contributed by atoms with van der Waals surface area (Å²) in [5.74, 6) is 1.71. The highest BCUT2D eigenvalue weighted by molar-refractivity contribution is 7.10. The van der Waals surface area contributed by atoms with Gasteiger partial charge in [-0.25, -0.2) is 0 Å². The van der Waals surface area contributed by atoms with Gasteiger partial charge in [-0.1, -0.05) is 6.07 Å². The average molecular weight is 290 g/mol. The van der Waals surface area contributed by atoms with Crippen molar-refractivity contribution in [2.24, 2.45) is 0 Å². The summed E-state index contributed by atoms with van der Waals surface area (Å²) in [7, 11) is 1.63. The standard InChI is InChI=1S/C16H18O3S/c1-16(2)8-11-6-10(4-5-13(11)19-16)15(17)14-7-12(18-3)9-20-14/h4-7,9,15,17H,8H2,1-3H3. The van der Waals surface area contributed by atoms with Crippen LogP contribution >= 0.6 is 11.3 Å². The van der Waals surface area contributed by atoms with Crippen LogP contribution in [0.5, 0.6) is 11.5 Å². The summed E-state index contributed by atoms with van der Waals surface area (Å²) in [5.41, 5.74) is 1.91. The lowest BCUT2D eigenvalue weighted by atomic mass is 9.98. The van der Waals surface area contributed by atoms with E-state index >= 15 is 0 Å². The van der Waals surface area contributed by atoms with Gasteiger partial charge in [0.2, 0.25) is 0 Å². The van der Waals surface area contributed by atoms with Gasteiger partial charge in [-0.3, -0.25) is 0 Å². The highest BCUT2D eigenvalue weighted by Crippen LogP contribution is 2.38. The van der Waals surface area contributed by atoms with E-state index in [9.17, 15) is 5.11 Å². The maximum Gasteiger partial charge on any atom is 0.129 e. The van der Waals surface area contributed by atoms with Crippen LogP contribution in [0.4, 0.5) is 0 Å². The summed E-state index contributed by atoms with van der Waals surface area (Å²) in [4.78, 5) is 0.889. The zero-order valence-corrected chi connectivity index (χ0v) is 12.7. The third-order valence-corrected chi connectivity index (χ3v) is 4.47. The number of ether oxygens (including phenoxy) is 2. The molecule has 4 heteroatoms. The molecule has 0 saturated heterocycles. The lowest BCUT2D eigenvalue weighted by Crippen LogP contribution is -2.24. The Balaban J connectivity index is 1.88. The van der Waals surface area contributed by atoms with Crippen LogP contribution in [-0.2, 0) is 6.42 Å². The van der Waals surface area contributed by atoms with Crippen LogP contribution < -0.4 is 9.47 Å². The molecule has 106 valence electrons. The van der Waals surface area contributed by atoms with E-state index in [-0.39, 0.29) is 5.60 Å². The van der Waals surface area contributed by atoms with Crippen LogP contribution in [0.2, 0.25) is 0 Å². The number of methoxy groups -OCH3 is 1. The average Bonchev–Trinajstić information content (AvgIpc) is 2.98. The first-order valence-electron chi connectivity index (χ1n) is 6.61. The Morgan fingerprint density at radius 2 is 2.15 bits per heavy atom. The molecule has 0 fully saturated rings. The van der Waals surface area contributed by atoms with E-state index in [1.54, 1.807) is 7.11 Å². The Morgan fingerprint density at radius 3 is 2.85 bits per heavy atom.